The Bertz CT molecular complexity index is 1040. The third kappa shape index (κ3) is 3.52. The Morgan fingerprint density at radius 2 is 1.80 bits per heavy atom. The lowest BCUT2D eigenvalue weighted by molar-refractivity contribution is -0.136. The maximum Gasteiger partial charge on any atom is 0.338 e. The first-order valence-electron chi connectivity index (χ1n) is 9.22. The van der Waals surface area contributed by atoms with Gasteiger partial charge in [0, 0.05) is 24.5 Å². The number of hydrogen-bond acceptors (Lipinski definition) is 8. The van der Waals surface area contributed by atoms with Gasteiger partial charge < -0.3 is 28.4 Å². The van der Waals surface area contributed by atoms with Gasteiger partial charge in [0.2, 0.25) is 6.79 Å². The van der Waals surface area contributed by atoms with Crippen molar-refractivity contribution in [3.05, 3.63) is 58.9 Å². The second-order valence-electron chi connectivity index (χ2n) is 6.66. The van der Waals surface area contributed by atoms with Gasteiger partial charge in [-0.15, -0.1) is 0 Å². The fourth-order valence-corrected chi connectivity index (χ4v) is 3.58. The van der Waals surface area contributed by atoms with Crippen molar-refractivity contribution in [3.8, 4) is 23.0 Å². The van der Waals surface area contributed by atoms with E-state index in [1.807, 2.05) is 12.1 Å². The molecular formula is C22H20O8. The molecule has 2 aromatic rings. The Morgan fingerprint density at radius 3 is 2.50 bits per heavy atom. The molecule has 2 aliphatic heterocycles. The van der Waals surface area contributed by atoms with Crippen LogP contribution in [0.5, 0.6) is 23.0 Å². The number of carbonyl (C=O) groups excluding carboxylic acids is 2. The minimum atomic E-state index is -0.658. The molecule has 30 heavy (non-hydrogen) atoms. The van der Waals surface area contributed by atoms with Crippen LogP contribution in [0.3, 0.4) is 0 Å². The fourth-order valence-electron chi connectivity index (χ4n) is 3.58. The Balaban J connectivity index is 1.97. The van der Waals surface area contributed by atoms with Gasteiger partial charge in [-0.25, -0.2) is 4.79 Å². The van der Waals surface area contributed by atoms with Gasteiger partial charge in [-0.05, 0) is 23.8 Å². The Hall–Kier alpha value is -3.68. The number of rotatable bonds is 6. The number of fused-ring (bicyclic) bond motifs is 1. The van der Waals surface area contributed by atoms with Crippen molar-refractivity contribution in [1.29, 1.82) is 0 Å². The molecular weight excluding hydrogens is 392 g/mol. The standard InChI is InChI=1S/C22H20O8/c1-12(23)30-16-9-18-17(28-11-29-18)8-15(16)20(13-5-4-6-14(7-13)25-2)21-19(26-3)10-27-22(21)24/h4-9,20H,10-11H2,1-3H3. The third-order valence-electron chi connectivity index (χ3n) is 4.89. The summed E-state index contributed by atoms with van der Waals surface area (Å²) in [5.41, 5.74) is 1.58. The smallest absolute Gasteiger partial charge is 0.338 e. The van der Waals surface area contributed by atoms with E-state index < -0.39 is 17.9 Å². The van der Waals surface area contributed by atoms with Crippen molar-refractivity contribution in [2.45, 2.75) is 12.8 Å². The third-order valence-corrected chi connectivity index (χ3v) is 4.89. The van der Waals surface area contributed by atoms with Crippen molar-refractivity contribution >= 4 is 11.9 Å². The van der Waals surface area contributed by atoms with E-state index in [0.29, 0.717) is 34.1 Å². The first-order chi connectivity index (χ1) is 14.5. The summed E-state index contributed by atoms with van der Waals surface area (Å²) in [5.74, 6) is 0.531. The lowest BCUT2D eigenvalue weighted by Gasteiger charge is -2.22. The van der Waals surface area contributed by atoms with E-state index >= 15 is 0 Å². The first kappa shape index (κ1) is 19.6. The van der Waals surface area contributed by atoms with Gasteiger partial charge in [-0.1, -0.05) is 12.1 Å². The summed E-state index contributed by atoms with van der Waals surface area (Å²) in [6.45, 7) is 1.38. The molecule has 0 bridgehead atoms. The minimum Gasteiger partial charge on any atom is -0.497 e. The summed E-state index contributed by atoms with van der Waals surface area (Å²) in [6.07, 6.45) is 0. The van der Waals surface area contributed by atoms with Crippen molar-refractivity contribution in [1.82, 2.24) is 0 Å². The van der Waals surface area contributed by atoms with Crippen LogP contribution in [-0.4, -0.2) is 39.6 Å². The number of esters is 2. The summed E-state index contributed by atoms with van der Waals surface area (Å²) >= 11 is 0. The van der Waals surface area contributed by atoms with Crippen LogP contribution in [0.25, 0.3) is 0 Å². The molecule has 1 atom stereocenters. The van der Waals surface area contributed by atoms with Crippen LogP contribution in [0, 0.1) is 0 Å². The van der Waals surface area contributed by atoms with Crippen LogP contribution in [0.1, 0.15) is 24.0 Å². The van der Waals surface area contributed by atoms with Crippen molar-refractivity contribution in [2.24, 2.45) is 0 Å². The topological polar surface area (TPSA) is 89.5 Å². The monoisotopic (exact) mass is 412 g/mol. The molecule has 2 heterocycles. The van der Waals surface area contributed by atoms with E-state index in [-0.39, 0.29) is 19.1 Å². The lowest BCUT2D eigenvalue weighted by atomic mass is 9.83. The van der Waals surface area contributed by atoms with Gasteiger partial charge in [0.15, 0.2) is 11.5 Å². The van der Waals surface area contributed by atoms with E-state index in [4.69, 9.17) is 28.4 Å². The van der Waals surface area contributed by atoms with Crippen LogP contribution < -0.4 is 18.9 Å². The molecule has 0 saturated carbocycles. The molecule has 0 spiro atoms. The average molecular weight is 412 g/mol. The number of methoxy groups -OCH3 is 2. The largest absolute Gasteiger partial charge is 0.497 e. The quantitative estimate of drug-likeness (QED) is 0.529. The number of cyclic esters (lactones) is 1. The molecule has 0 aromatic heterocycles. The van der Waals surface area contributed by atoms with Gasteiger partial charge in [0.25, 0.3) is 0 Å². The molecule has 4 rings (SSSR count). The molecule has 8 nitrogen and oxygen atoms in total. The van der Waals surface area contributed by atoms with E-state index in [0.717, 1.165) is 5.56 Å². The highest BCUT2D eigenvalue weighted by Crippen LogP contribution is 2.47. The molecule has 0 fully saturated rings. The van der Waals surface area contributed by atoms with Gasteiger partial charge in [-0.2, -0.15) is 0 Å². The molecule has 2 aromatic carbocycles. The Morgan fingerprint density at radius 1 is 1.03 bits per heavy atom. The van der Waals surface area contributed by atoms with Crippen LogP contribution >= 0.6 is 0 Å². The molecule has 0 aliphatic carbocycles. The summed E-state index contributed by atoms with van der Waals surface area (Å²) < 4.78 is 32.4. The predicted octanol–water partition coefficient (Wildman–Crippen LogP) is 2.94. The van der Waals surface area contributed by atoms with Crippen LogP contribution in [0.15, 0.2) is 47.7 Å². The zero-order valence-corrected chi connectivity index (χ0v) is 16.7. The Labute approximate surface area is 172 Å². The van der Waals surface area contributed by atoms with Gasteiger partial charge in [-0.3, -0.25) is 4.79 Å². The zero-order chi connectivity index (χ0) is 21.3. The van der Waals surface area contributed by atoms with Crippen LogP contribution in [0.2, 0.25) is 0 Å². The van der Waals surface area contributed by atoms with E-state index in [1.54, 1.807) is 31.4 Å². The lowest BCUT2D eigenvalue weighted by Crippen LogP contribution is -2.15. The zero-order valence-electron chi connectivity index (χ0n) is 16.7. The second-order valence-corrected chi connectivity index (χ2v) is 6.66. The molecule has 8 heteroatoms. The highest BCUT2D eigenvalue weighted by Gasteiger charge is 2.37. The summed E-state index contributed by atoms with van der Waals surface area (Å²) in [5, 5.41) is 0. The van der Waals surface area contributed by atoms with E-state index in [1.165, 1.54) is 14.0 Å². The predicted molar refractivity (Wildman–Crippen MR) is 104 cm³/mol. The molecule has 0 saturated heterocycles. The SMILES string of the molecule is COC1=C(C(c2cccc(OC)c2)c2cc3c(cc2OC(C)=O)OCO3)C(=O)OC1. The van der Waals surface area contributed by atoms with Crippen molar-refractivity contribution < 1.29 is 38.0 Å². The van der Waals surface area contributed by atoms with Gasteiger partial charge >= 0.3 is 11.9 Å². The van der Waals surface area contributed by atoms with Crippen molar-refractivity contribution in [2.75, 3.05) is 27.6 Å². The van der Waals surface area contributed by atoms with Gasteiger partial charge in [0.1, 0.15) is 23.9 Å². The summed E-state index contributed by atoms with van der Waals surface area (Å²) in [7, 11) is 3.04. The maximum atomic E-state index is 12.7. The van der Waals surface area contributed by atoms with Crippen LogP contribution in [-0.2, 0) is 19.1 Å². The molecule has 2 aliphatic rings. The molecule has 156 valence electrons. The Kier molecular flexibility index (Phi) is 5.22. The van der Waals surface area contributed by atoms with E-state index in [9.17, 15) is 9.59 Å². The van der Waals surface area contributed by atoms with Crippen molar-refractivity contribution in [3.63, 3.8) is 0 Å². The normalized spacial score (nSPS) is 15.6. The number of carbonyl (C=O) groups is 2. The maximum absolute atomic E-state index is 12.7. The molecule has 0 amide bonds. The first-order valence-corrected chi connectivity index (χ1v) is 9.22. The van der Waals surface area contributed by atoms with Crippen LogP contribution in [0.4, 0.5) is 0 Å². The van der Waals surface area contributed by atoms with Gasteiger partial charge in [0.05, 0.1) is 19.8 Å². The molecule has 0 N–H and O–H groups in total. The fraction of sp³-hybridized carbons (Fsp3) is 0.273. The number of hydrogen-bond donors (Lipinski definition) is 0. The second kappa shape index (κ2) is 7.98. The highest BCUT2D eigenvalue weighted by molar-refractivity contribution is 5.94. The molecule has 1 unspecified atom stereocenters. The van der Waals surface area contributed by atoms with E-state index in [2.05, 4.69) is 0 Å². The minimum absolute atomic E-state index is 0.0264. The molecule has 0 radical (unpaired) electrons. The summed E-state index contributed by atoms with van der Waals surface area (Å²) in [4.78, 5) is 24.5. The number of benzene rings is 2. The summed E-state index contributed by atoms with van der Waals surface area (Å²) in [6, 6.07) is 10.6. The number of ether oxygens (including phenoxy) is 6. The average Bonchev–Trinajstić information content (AvgIpc) is 3.34. The highest BCUT2D eigenvalue weighted by atomic mass is 16.7.